The first-order valence-electron chi connectivity index (χ1n) is 8.07. The summed E-state index contributed by atoms with van der Waals surface area (Å²) in [5, 5.41) is 0.0992. The van der Waals surface area contributed by atoms with Crippen LogP contribution in [0.3, 0.4) is 0 Å². The average molecular weight is 381 g/mol. The van der Waals surface area contributed by atoms with Gasteiger partial charge in [-0.2, -0.15) is 13.2 Å². The first-order chi connectivity index (χ1) is 12.5. The molecule has 1 aromatic carbocycles. The lowest BCUT2D eigenvalue weighted by Crippen LogP contribution is -2.36. The van der Waals surface area contributed by atoms with Gasteiger partial charge in [0.1, 0.15) is 5.69 Å². The Hall–Kier alpha value is -2.06. The fourth-order valence-corrected chi connectivity index (χ4v) is 2.95. The summed E-state index contributed by atoms with van der Waals surface area (Å²) in [5.41, 5.74) is 1.30. The molecule has 2 aromatic rings. The van der Waals surface area contributed by atoms with Crippen LogP contribution in [0, 0.1) is 0 Å². The van der Waals surface area contributed by atoms with Crippen molar-refractivity contribution in [3.63, 3.8) is 0 Å². The molecular weight excluding hydrogens is 363 g/mol. The molecule has 0 unspecified atom stereocenters. The van der Waals surface area contributed by atoms with Crippen molar-refractivity contribution in [2.45, 2.75) is 11.3 Å². The Bertz CT molecular complexity index is 772. The van der Waals surface area contributed by atoms with Gasteiger partial charge in [0.15, 0.2) is 5.16 Å². The van der Waals surface area contributed by atoms with E-state index in [-0.39, 0.29) is 10.9 Å². The maximum absolute atomic E-state index is 12.9. The standard InChI is InChI=1S/C18H18F3N3OS/c1-26-17-22-14(12-16(23-17)18(19,20)21)5-2-13-3-6-15(7-4-13)24-8-10-25-11-9-24/h2-7,12H,8-11H2,1H3/b5-2+. The summed E-state index contributed by atoms with van der Waals surface area (Å²) >= 11 is 1.08. The fourth-order valence-electron chi connectivity index (χ4n) is 2.56. The molecule has 0 atom stereocenters. The molecule has 26 heavy (non-hydrogen) atoms. The van der Waals surface area contributed by atoms with E-state index in [0.717, 1.165) is 42.2 Å². The summed E-state index contributed by atoms with van der Waals surface area (Å²) < 4.78 is 44.1. The van der Waals surface area contributed by atoms with Crippen LogP contribution in [0.4, 0.5) is 18.9 Å². The molecule has 1 aliphatic heterocycles. The minimum absolute atomic E-state index is 0.0992. The van der Waals surface area contributed by atoms with Crippen molar-refractivity contribution in [1.29, 1.82) is 0 Å². The quantitative estimate of drug-likeness (QED) is 0.586. The Morgan fingerprint density at radius 2 is 1.77 bits per heavy atom. The maximum Gasteiger partial charge on any atom is 0.433 e. The molecule has 138 valence electrons. The lowest BCUT2D eigenvalue weighted by atomic mass is 10.1. The lowest BCUT2D eigenvalue weighted by molar-refractivity contribution is -0.141. The molecule has 8 heteroatoms. The number of halogens is 3. The zero-order chi connectivity index (χ0) is 18.6. The summed E-state index contributed by atoms with van der Waals surface area (Å²) in [4.78, 5) is 9.87. The largest absolute Gasteiger partial charge is 0.433 e. The van der Waals surface area contributed by atoms with Crippen LogP contribution in [0.1, 0.15) is 17.0 Å². The molecule has 0 N–H and O–H groups in total. The summed E-state index contributed by atoms with van der Waals surface area (Å²) in [6.45, 7) is 3.14. The number of morpholine rings is 1. The molecule has 0 amide bonds. The predicted molar refractivity (Wildman–Crippen MR) is 97.2 cm³/mol. The molecule has 1 aliphatic rings. The highest BCUT2D eigenvalue weighted by Gasteiger charge is 2.33. The summed E-state index contributed by atoms with van der Waals surface area (Å²) in [6.07, 6.45) is 0.471. The van der Waals surface area contributed by atoms with Gasteiger partial charge < -0.3 is 9.64 Å². The van der Waals surface area contributed by atoms with E-state index < -0.39 is 11.9 Å². The van der Waals surface area contributed by atoms with E-state index >= 15 is 0 Å². The van der Waals surface area contributed by atoms with Crippen molar-refractivity contribution in [2.24, 2.45) is 0 Å². The van der Waals surface area contributed by atoms with E-state index in [1.165, 1.54) is 0 Å². The third kappa shape index (κ3) is 4.76. The topological polar surface area (TPSA) is 38.2 Å². The number of hydrogen-bond acceptors (Lipinski definition) is 5. The average Bonchev–Trinajstić information content (AvgIpc) is 2.66. The number of nitrogens with zero attached hydrogens (tertiary/aromatic N) is 3. The monoisotopic (exact) mass is 381 g/mol. The molecule has 0 saturated carbocycles. The Kier molecular flexibility index (Phi) is 5.83. The van der Waals surface area contributed by atoms with Gasteiger partial charge in [0.25, 0.3) is 0 Å². The molecule has 0 aliphatic carbocycles. The number of thioether (sulfide) groups is 1. The van der Waals surface area contributed by atoms with Crippen molar-refractivity contribution < 1.29 is 17.9 Å². The van der Waals surface area contributed by atoms with Crippen molar-refractivity contribution in [1.82, 2.24) is 9.97 Å². The van der Waals surface area contributed by atoms with E-state index in [0.29, 0.717) is 13.2 Å². The van der Waals surface area contributed by atoms with Gasteiger partial charge in [-0.3, -0.25) is 0 Å². The smallest absolute Gasteiger partial charge is 0.378 e. The fraction of sp³-hybridized carbons (Fsp3) is 0.333. The van der Waals surface area contributed by atoms with E-state index in [9.17, 15) is 13.2 Å². The van der Waals surface area contributed by atoms with Gasteiger partial charge in [-0.1, -0.05) is 30.0 Å². The molecule has 0 bridgehead atoms. The van der Waals surface area contributed by atoms with Crippen molar-refractivity contribution in [2.75, 3.05) is 37.5 Å². The Balaban J connectivity index is 1.77. The lowest BCUT2D eigenvalue weighted by Gasteiger charge is -2.28. The first-order valence-corrected chi connectivity index (χ1v) is 9.29. The molecule has 3 rings (SSSR count). The zero-order valence-electron chi connectivity index (χ0n) is 14.2. The van der Waals surface area contributed by atoms with Crippen molar-refractivity contribution in [3.05, 3.63) is 47.3 Å². The number of rotatable bonds is 4. The molecular formula is C18H18F3N3OS. The van der Waals surface area contributed by atoms with Gasteiger partial charge in [0.2, 0.25) is 0 Å². The SMILES string of the molecule is CSc1nc(/C=C/c2ccc(N3CCOCC3)cc2)cc(C(F)(F)F)n1. The Morgan fingerprint density at radius 3 is 2.38 bits per heavy atom. The van der Waals surface area contributed by atoms with Crippen LogP contribution in [0.25, 0.3) is 12.2 Å². The van der Waals surface area contributed by atoms with E-state index in [2.05, 4.69) is 14.9 Å². The van der Waals surface area contributed by atoms with Crippen LogP contribution in [0.2, 0.25) is 0 Å². The Morgan fingerprint density at radius 1 is 1.08 bits per heavy atom. The van der Waals surface area contributed by atoms with E-state index in [1.807, 2.05) is 24.3 Å². The number of aromatic nitrogens is 2. The Labute approximate surface area is 154 Å². The summed E-state index contributed by atoms with van der Waals surface area (Å²) in [5.74, 6) is 0. The van der Waals surface area contributed by atoms with Crippen LogP contribution in [0.5, 0.6) is 0 Å². The molecule has 0 spiro atoms. The molecule has 2 heterocycles. The van der Waals surface area contributed by atoms with E-state index in [1.54, 1.807) is 18.4 Å². The summed E-state index contributed by atoms with van der Waals surface area (Å²) in [6, 6.07) is 8.82. The highest BCUT2D eigenvalue weighted by atomic mass is 32.2. The number of alkyl halides is 3. The minimum Gasteiger partial charge on any atom is -0.378 e. The zero-order valence-corrected chi connectivity index (χ0v) is 15.0. The second-order valence-electron chi connectivity index (χ2n) is 5.69. The third-order valence-corrected chi connectivity index (χ3v) is 4.46. The molecule has 1 fully saturated rings. The van der Waals surface area contributed by atoms with Crippen LogP contribution < -0.4 is 4.90 Å². The highest BCUT2D eigenvalue weighted by molar-refractivity contribution is 7.98. The highest BCUT2D eigenvalue weighted by Crippen LogP contribution is 2.29. The van der Waals surface area contributed by atoms with Gasteiger partial charge in [-0.25, -0.2) is 9.97 Å². The number of ether oxygens (including phenoxy) is 1. The van der Waals surface area contributed by atoms with E-state index in [4.69, 9.17) is 4.74 Å². The minimum atomic E-state index is -4.49. The van der Waals surface area contributed by atoms with Crippen molar-refractivity contribution in [3.8, 4) is 0 Å². The van der Waals surface area contributed by atoms with Gasteiger partial charge in [-0.15, -0.1) is 0 Å². The van der Waals surface area contributed by atoms with Crippen molar-refractivity contribution >= 4 is 29.6 Å². The van der Waals surface area contributed by atoms with Gasteiger partial charge in [0, 0.05) is 18.8 Å². The number of hydrogen-bond donors (Lipinski definition) is 0. The van der Waals surface area contributed by atoms with Gasteiger partial charge in [0.05, 0.1) is 18.9 Å². The predicted octanol–water partition coefficient (Wildman–Crippen LogP) is 4.22. The molecule has 1 aromatic heterocycles. The molecule has 1 saturated heterocycles. The van der Waals surface area contributed by atoms with Crippen LogP contribution in [-0.4, -0.2) is 42.5 Å². The van der Waals surface area contributed by atoms with Gasteiger partial charge in [-0.05, 0) is 36.1 Å². The molecule has 0 radical (unpaired) electrons. The van der Waals surface area contributed by atoms with Gasteiger partial charge >= 0.3 is 6.18 Å². The normalized spacial score (nSPS) is 15.6. The summed E-state index contributed by atoms with van der Waals surface area (Å²) in [7, 11) is 0. The molecule has 4 nitrogen and oxygen atoms in total. The maximum atomic E-state index is 12.9. The number of anilines is 1. The second-order valence-corrected chi connectivity index (χ2v) is 6.46. The first kappa shape index (κ1) is 18.7. The number of benzene rings is 1. The third-order valence-electron chi connectivity index (χ3n) is 3.91. The van der Waals surface area contributed by atoms with Crippen LogP contribution in [0.15, 0.2) is 35.5 Å². The second kappa shape index (κ2) is 8.09. The van der Waals surface area contributed by atoms with Crippen LogP contribution >= 0.6 is 11.8 Å². The van der Waals surface area contributed by atoms with Crippen LogP contribution in [-0.2, 0) is 10.9 Å².